The van der Waals surface area contributed by atoms with Crippen LogP contribution in [0.5, 0.6) is 5.75 Å². The molecule has 104 valence electrons. The number of methoxy groups -OCH3 is 1. The number of nitrogen functional groups attached to an aromatic ring is 1. The molecule has 4 heteroatoms. The van der Waals surface area contributed by atoms with E-state index in [0.29, 0.717) is 11.7 Å². The molecule has 1 aliphatic carbocycles. The van der Waals surface area contributed by atoms with E-state index in [2.05, 4.69) is 28.4 Å². The summed E-state index contributed by atoms with van der Waals surface area (Å²) in [5.74, 6) is 2.05. The highest BCUT2D eigenvalue weighted by atomic mass is 16.5. The van der Waals surface area contributed by atoms with E-state index in [0.717, 1.165) is 28.1 Å². The Morgan fingerprint density at radius 3 is 2.55 bits per heavy atom. The summed E-state index contributed by atoms with van der Waals surface area (Å²) < 4.78 is 5.54. The average molecular weight is 269 g/mol. The maximum Gasteiger partial charge on any atom is 0.149 e. The summed E-state index contributed by atoms with van der Waals surface area (Å²) in [5.41, 5.74) is 11.0. The zero-order valence-corrected chi connectivity index (χ0v) is 12.1. The molecule has 1 aromatic heterocycles. The third-order valence-corrected chi connectivity index (χ3v) is 4.09. The number of aromatic nitrogens is 2. The first-order valence-electron chi connectivity index (χ1n) is 6.89. The Kier molecular flexibility index (Phi) is 3.08. The Labute approximate surface area is 119 Å². The van der Waals surface area contributed by atoms with Crippen LogP contribution in [0.15, 0.2) is 18.2 Å². The van der Waals surface area contributed by atoms with Gasteiger partial charge in [-0.25, -0.2) is 0 Å². The van der Waals surface area contributed by atoms with Gasteiger partial charge in [0.15, 0.2) is 0 Å². The van der Waals surface area contributed by atoms with Crippen LogP contribution in [-0.4, -0.2) is 17.3 Å². The largest absolute Gasteiger partial charge is 0.496 e. The SMILES string of the molecule is COc1cc(C2CC2)ccc1-c1nnc(N)c(C)c1C. The lowest BCUT2D eigenvalue weighted by molar-refractivity contribution is 0.415. The topological polar surface area (TPSA) is 61.0 Å². The van der Waals surface area contributed by atoms with Gasteiger partial charge in [0.25, 0.3) is 0 Å². The molecule has 2 N–H and O–H groups in total. The summed E-state index contributed by atoms with van der Waals surface area (Å²) in [6.45, 7) is 3.98. The number of hydrogen-bond donors (Lipinski definition) is 1. The summed E-state index contributed by atoms with van der Waals surface area (Å²) >= 11 is 0. The van der Waals surface area contributed by atoms with Crippen molar-refractivity contribution in [2.75, 3.05) is 12.8 Å². The van der Waals surface area contributed by atoms with E-state index < -0.39 is 0 Å². The fraction of sp³-hybridized carbons (Fsp3) is 0.375. The van der Waals surface area contributed by atoms with Crippen LogP contribution in [0.4, 0.5) is 5.82 Å². The minimum atomic E-state index is 0.486. The lowest BCUT2D eigenvalue weighted by Crippen LogP contribution is -2.03. The van der Waals surface area contributed by atoms with Crippen LogP contribution in [-0.2, 0) is 0 Å². The quantitative estimate of drug-likeness (QED) is 0.929. The van der Waals surface area contributed by atoms with Crippen molar-refractivity contribution in [2.24, 2.45) is 0 Å². The number of nitrogens with two attached hydrogens (primary N) is 1. The Morgan fingerprint density at radius 1 is 1.15 bits per heavy atom. The smallest absolute Gasteiger partial charge is 0.149 e. The van der Waals surface area contributed by atoms with Gasteiger partial charge >= 0.3 is 0 Å². The molecule has 0 atom stereocenters. The highest BCUT2D eigenvalue weighted by Crippen LogP contribution is 2.43. The van der Waals surface area contributed by atoms with Gasteiger partial charge in [0.2, 0.25) is 0 Å². The predicted octanol–water partition coefficient (Wildman–Crippen LogP) is 3.23. The van der Waals surface area contributed by atoms with Crippen molar-refractivity contribution >= 4 is 5.82 Å². The second kappa shape index (κ2) is 4.78. The Balaban J connectivity index is 2.11. The molecule has 0 aliphatic heterocycles. The lowest BCUT2D eigenvalue weighted by Gasteiger charge is -2.13. The van der Waals surface area contributed by atoms with Gasteiger partial charge in [0, 0.05) is 5.56 Å². The first kappa shape index (κ1) is 12.9. The monoisotopic (exact) mass is 269 g/mol. The standard InChI is InChI=1S/C16H19N3O/c1-9-10(2)16(17)19-18-15(9)13-7-6-12(11-4-5-11)8-14(13)20-3/h6-8,11H,4-5H2,1-3H3,(H2,17,19). The van der Waals surface area contributed by atoms with Crippen LogP contribution >= 0.6 is 0 Å². The van der Waals surface area contributed by atoms with Crippen LogP contribution < -0.4 is 10.5 Å². The van der Waals surface area contributed by atoms with E-state index in [1.807, 2.05) is 13.8 Å². The minimum absolute atomic E-state index is 0.486. The zero-order valence-electron chi connectivity index (χ0n) is 12.1. The van der Waals surface area contributed by atoms with E-state index in [9.17, 15) is 0 Å². The van der Waals surface area contributed by atoms with Gasteiger partial charge in [-0.15, -0.1) is 10.2 Å². The van der Waals surface area contributed by atoms with Gasteiger partial charge in [-0.1, -0.05) is 6.07 Å². The summed E-state index contributed by atoms with van der Waals surface area (Å²) in [6, 6.07) is 6.38. The average Bonchev–Trinajstić information content (AvgIpc) is 3.29. The van der Waals surface area contributed by atoms with Crippen molar-refractivity contribution in [3.05, 3.63) is 34.9 Å². The van der Waals surface area contributed by atoms with Crippen LogP contribution in [0.2, 0.25) is 0 Å². The van der Waals surface area contributed by atoms with E-state index >= 15 is 0 Å². The zero-order chi connectivity index (χ0) is 14.3. The predicted molar refractivity (Wildman–Crippen MR) is 79.9 cm³/mol. The number of nitrogens with zero attached hydrogens (tertiary/aromatic N) is 2. The molecule has 0 spiro atoms. The van der Waals surface area contributed by atoms with Crippen molar-refractivity contribution < 1.29 is 4.74 Å². The second-order valence-electron chi connectivity index (χ2n) is 5.42. The van der Waals surface area contributed by atoms with Crippen LogP contribution in [0.3, 0.4) is 0 Å². The molecule has 0 amide bonds. The Hall–Kier alpha value is -2.10. The first-order valence-corrected chi connectivity index (χ1v) is 6.89. The van der Waals surface area contributed by atoms with Crippen molar-refractivity contribution in [1.82, 2.24) is 10.2 Å². The third kappa shape index (κ3) is 2.11. The van der Waals surface area contributed by atoms with Gasteiger partial charge in [0.05, 0.1) is 12.8 Å². The number of anilines is 1. The van der Waals surface area contributed by atoms with E-state index in [1.165, 1.54) is 18.4 Å². The van der Waals surface area contributed by atoms with Gasteiger partial charge in [-0.3, -0.25) is 0 Å². The highest BCUT2D eigenvalue weighted by molar-refractivity contribution is 5.72. The van der Waals surface area contributed by atoms with Crippen molar-refractivity contribution in [3.8, 4) is 17.0 Å². The molecule has 1 aromatic carbocycles. The van der Waals surface area contributed by atoms with Crippen LogP contribution in [0.1, 0.15) is 35.4 Å². The van der Waals surface area contributed by atoms with E-state index in [1.54, 1.807) is 7.11 Å². The van der Waals surface area contributed by atoms with Crippen LogP contribution in [0, 0.1) is 13.8 Å². The van der Waals surface area contributed by atoms with Crippen molar-refractivity contribution in [2.45, 2.75) is 32.6 Å². The maximum atomic E-state index is 5.81. The Morgan fingerprint density at radius 2 is 1.90 bits per heavy atom. The highest BCUT2D eigenvalue weighted by Gasteiger charge is 2.25. The molecule has 20 heavy (non-hydrogen) atoms. The molecule has 0 radical (unpaired) electrons. The van der Waals surface area contributed by atoms with Crippen molar-refractivity contribution in [1.29, 1.82) is 0 Å². The molecule has 0 saturated heterocycles. The van der Waals surface area contributed by atoms with Gasteiger partial charge in [-0.2, -0.15) is 0 Å². The number of hydrogen-bond acceptors (Lipinski definition) is 4. The molecule has 1 aliphatic rings. The first-order chi connectivity index (χ1) is 9.61. The Bertz CT molecular complexity index is 663. The van der Waals surface area contributed by atoms with Gasteiger partial charge in [-0.05, 0) is 61.4 Å². The molecule has 3 rings (SSSR count). The molecule has 1 heterocycles. The van der Waals surface area contributed by atoms with Crippen molar-refractivity contribution in [3.63, 3.8) is 0 Å². The number of benzene rings is 1. The van der Waals surface area contributed by atoms with E-state index in [-0.39, 0.29) is 0 Å². The molecular formula is C16H19N3O. The third-order valence-electron chi connectivity index (χ3n) is 4.09. The lowest BCUT2D eigenvalue weighted by atomic mass is 10.00. The molecule has 1 fully saturated rings. The number of ether oxygens (including phenoxy) is 1. The number of rotatable bonds is 3. The summed E-state index contributed by atoms with van der Waals surface area (Å²) in [6.07, 6.45) is 2.56. The molecule has 4 nitrogen and oxygen atoms in total. The molecule has 0 unspecified atom stereocenters. The molecule has 1 saturated carbocycles. The summed E-state index contributed by atoms with van der Waals surface area (Å²) in [4.78, 5) is 0. The second-order valence-corrected chi connectivity index (χ2v) is 5.42. The van der Waals surface area contributed by atoms with Crippen LogP contribution in [0.25, 0.3) is 11.3 Å². The molecular weight excluding hydrogens is 250 g/mol. The summed E-state index contributed by atoms with van der Waals surface area (Å²) in [7, 11) is 1.70. The summed E-state index contributed by atoms with van der Waals surface area (Å²) in [5, 5.41) is 8.29. The van der Waals surface area contributed by atoms with Gasteiger partial charge in [0.1, 0.15) is 11.6 Å². The fourth-order valence-corrected chi connectivity index (χ4v) is 2.45. The van der Waals surface area contributed by atoms with Gasteiger partial charge < -0.3 is 10.5 Å². The maximum absolute atomic E-state index is 5.81. The molecule has 0 bridgehead atoms. The van der Waals surface area contributed by atoms with E-state index in [4.69, 9.17) is 10.5 Å². The fourth-order valence-electron chi connectivity index (χ4n) is 2.45. The molecule has 2 aromatic rings. The normalized spacial score (nSPS) is 14.3. The minimum Gasteiger partial charge on any atom is -0.496 e.